The molecule has 0 saturated carbocycles. The van der Waals surface area contributed by atoms with Crippen molar-refractivity contribution in [1.82, 2.24) is 0 Å². The maximum Gasteiger partial charge on any atom is -0.00534 e. The van der Waals surface area contributed by atoms with Gasteiger partial charge in [0.15, 0.2) is 0 Å². The van der Waals surface area contributed by atoms with Gasteiger partial charge in [0.25, 0.3) is 0 Å². The summed E-state index contributed by atoms with van der Waals surface area (Å²) >= 11 is 0. The molecular formula is C12H22. The van der Waals surface area contributed by atoms with E-state index in [2.05, 4.69) is 45.1 Å². The standard InChI is InChI=1S/C9H14.C3H8/c1-2-6-9-7-4-3-5-8-9;1-3-2/h4-5,7-9H,2-3,6H2,1H3;3H2,1-2H3. The summed E-state index contributed by atoms with van der Waals surface area (Å²) in [4.78, 5) is 0. The van der Waals surface area contributed by atoms with Crippen molar-refractivity contribution in [1.29, 1.82) is 0 Å². The van der Waals surface area contributed by atoms with E-state index in [1.54, 1.807) is 0 Å². The summed E-state index contributed by atoms with van der Waals surface area (Å²) in [6, 6.07) is 0. The van der Waals surface area contributed by atoms with Crippen LogP contribution in [0.1, 0.15) is 46.5 Å². The van der Waals surface area contributed by atoms with Crippen LogP contribution in [0.3, 0.4) is 0 Å². The lowest BCUT2D eigenvalue weighted by molar-refractivity contribution is 0.682. The molecule has 0 heteroatoms. The minimum Gasteiger partial charge on any atom is -0.0842 e. The zero-order chi connectivity index (χ0) is 9.23. The molecule has 0 aromatic heterocycles. The molecule has 0 heterocycles. The van der Waals surface area contributed by atoms with E-state index in [4.69, 9.17) is 0 Å². The summed E-state index contributed by atoms with van der Waals surface area (Å²) in [5.74, 6) is 0.740. The molecule has 0 nitrogen and oxygen atoms in total. The second kappa shape index (κ2) is 8.58. The maximum atomic E-state index is 2.31. The monoisotopic (exact) mass is 166 g/mol. The van der Waals surface area contributed by atoms with Gasteiger partial charge in [-0.25, -0.2) is 0 Å². The Balaban J connectivity index is 0.000000354. The van der Waals surface area contributed by atoms with Crippen LogP contribution in [-0.4, -0.2) is 0 Å². The average Bonchev–Trinajstić information content (AvgIpc) is 2.08. The largest absolute Gasteiger partial charge is 0.0842 e. The highest BCUT2D eigenvalue weighted by atomic mass is 14.0. The van der Waals surface area contributed by atoms with Gasteiger partial charge in [-0.3, -0.25) is 0 Å². The number of allylic oxidation sites excluding steroid dienone is 4. The molecule has 12 heavy (non-hydrogen) atoms. The van der Waals surface area contributed by atoms with E-state index in [9.17, 15) is 0 Å². The maximum absolute atomic E-state index is 2.31. The third-order valence-corrected chi connectivity index (χ3v) is 1.66. The van der Waals surface area contributed by atoms with Gasteiger partial charge in [0.05, 0.1) is 0 Å². The third kappa shape index (κ3) is 6.21. The Morgan fingerprint density at radius 2 is 1.58 bits per heavy atom. The minimum atomic E-state index is 0.740. The molecule has 0 spiro atoms. The van der Waals surface area contributed by atoms with Gasteiger partial charge in [-0.1, -0.05) is 57.9 Å². The Labute approximate surface area is 77.4 Å². The van der Waals surface area contributed by atoms with Crippen molar-refractivity contribution in [3.05, 3.63) is 24.3 Å². The van der Waals surface area contributed by atoms with Gasteiger partial charge in [-0.2, -0.15) is 0 Å². The first-order valence-corrected chi connectivity index (χ1v) is 5.18. The molecule has 0 aromatic rings. The highest BCUT2D eigenvalue weighted by molar-refractivity contribution is 5.08. The lowest BCUT2D eigenvalue weighted by Gasteiger charge is -2.07. The van der Waals surface area contributed by atoms with E-state index in [1.807, 2.05) is 0 Å². The van der Waals surface area contributed by atoms with Crippen molar-refractivity contribution in [2.45, 2.75) is 46.5 Å². The van der Waals surface area contributed by atoms with E-state index in [0.29, 0.717) is 0 Å². The van der Waals surface area contributed by atoms with Gasteiger partial charge in [0.1, 0.15) is 0 Å². The molecule has 0 aliphatic heterocycles. The third-order valence-electron chi connectivity index (χ3n) is 1.66. The number of hydrogen-bond acceptors (Lipinski definition) is 0. The molecule has 70 valence electrons. The molecule has 0 saturated heterocycles. The second-order valence-corrected chi connectivity index (χ2v) is 3.25. The van der Waals surface area contributed by atoms with Crippen LogP contribution in [0.25, 0.3) is 0 Å². The number of rotatable bonds is 2. The summed E-state index contributed by atoms with van der Waals surface area (Å²) in [7, 11) is 0. The molecule has 0 aromatic carbocycles. The van der Waals surface area contributed by atoms with Crippen molar-refractivity contribution in [2.75, 3.05) is 0 Å². The van der Waals surface area contributed by atoms with Crippen molar-refractivity contribution in [3.8, 4) is 0 Å². The van der Waals surface area contributed by atoms with Gasteiger partial charge in [-0.15, -0.1) is 0 Å². The summed E-state index contributed by atoms with van der Waals surface area (Å²) in [6.07, 6.45) is 14.1. The van der Waals surface area contributed by atoms with Crippen LogP contribution in [0.4, 0.5) is 0 Å². The first-order valence-electron chi connectivity index (χ1n) is 5.18. The second-order valence-electron chi connectivity index (χ2n) is 3.25. The van der Waals surface area contributed by atoms with Gasteiger partial charge < -0.3 is 0 Å². The molecule has 0 N–H and O–H groups in total. The van der Waals surface area contributed by atoms with Crippen LogP contribution in [0, 0.1) is 5.92 Å². The van der Waals surface area contributed by atoms with Crippen LogP contribution in [0.15, 0.2) is 24.3 Å². The Hall–Kier alpha value is -0.520. The summed E-state index contributed by atoms with van der Waals surface area (Å²) in [5, 5.41) is 0. The van der Waals surface area contributed by atoms with E-state index >= 15 is 0 Å². The van der Waals surface area contributed by atoms with Crippen LogP contribution >= 0.6 is 0 Å². The number of hydrogen-bond donors (Lipinski definition) is 0. The van der Waals surface area contributed by atoms with Crippen molar-refractivity contribution < 1.29 is 0 Å². The molecule has 0 fully saturated rings. The average molecular weight is 166 g/mol. The smallest absolute Gasteiger partial charge is 0.00534 e. The van der Waals surface area contributed by atoms with Crippen LogP contribution in [0.5, 0.6) is 0 Å². The molecule has 0 atom stereocenters. The topological polar surface area (TPSA) is 0 Å². The predicted molar refractivity (Wildman–Crippen MR) is 57.3 cm³/mol. The first-order chi connectivity index (χ1) is 5.85. The zero-order valence-corrected chi connectivity index (χ0v) is 8.72. The van der Waals surface area contributed by atoms with E-state index < -0.39 is 0 Å². The highest BCUT2D eigenvalue weighted by Gasteiger charge is 1.98. The van der Waals surface area contributed by atoms with Crippen LogP contribution < -0.4 is 0 Å². The Morgan fingerprint density at radius 1 is 1.08 bits per heavy atom. The summed E-state index contributed by atoms with van der Waals surface area (Å²) < 4.78 is 0. The van der Waals surface area contributed by atoms with Gasteiger partial charge >= 0.3 is 0 Å². The Kier molecular flexibility index (Phi) is 8.20. The van der Waals surface area contributed by atoms with Crippen LogP contribution in [-0.2, 0) is 0 Å². The summed E-state index contributed by atoms with van der Waals surface area (Å²) in [6.45, 7) is 6.48. The molecule has 1 aliphatic rings. The van der Waals surface area contributed by atoms with Crippen LogP contribution in [0.2, 0.25) is 0 Å². The molecule has 0 amide bonds. The quantitative estimate of drug-likeness (QED) is 0.535. The van der Waals surface area contributed by atoms with E-state index in [0.717, 1.165) is 12.3 Å². The fraction of sp³-hybridized carbons (Fsp3) is 0.667. The van der Waals surface area contributed by atoms with Crippen molar-refractivity contribution >= 4 is 0 Å². The van der Waals surface area contributed by atoms with Crippen molar-refractivity contribution in [2.24, 2.45) is 5.92 Å². The zero-order valence-electron chi connectivity index (χ0n) is 8.72. The Bertz CT molecular complexity index is 119. The fourth-order valence-corrected chi connectivity index (χ4v) is 1.18. The van der Waals surface area contributed by atoms with Gasteiger partial charge in [-0.05, 0) is 18.8 Å². The molecule has 1 aliphatic carbocycles. The molecular weight excluding hydrogens is 144 g/mol. The first kappa shape index (κ1) is 11.5. The minimum absolute atomic E-state index is 0.740. The van der Waals surface area contributed by atoms with Gasteiger partial charge in [0.2, 0.25) is 0 Å². The van der Waals surface area contributed by atoms with Gasteiger partial charge in [0, 0.05) is 0 Å². The normalized spacial score (nSPS) is 15.6. The fourth-order valence-electron chi connectivity index (χ4n) is 1.18. The molecule has 1 rings (SSSR count). The van der Waals surface area contributed by atoms with E-state index in [-0.39, 0.29) is 0 Å². The van der Waals surface area contributed by atoms with Crippen molar-refractivity contribution in [3.63, 3.8) is 0 Å². The highest BCUT2D eigenvalue weighted by Crippen LogP contribution is 2.14. The van der Waals surface area contributed by atoms with E-state index in [1.165, 1.54) is 19.3 Å². The Morgan fingerprint density at radius 3 is 2.00 bits per heavy atom. The summed E-state index contributed by atoms with van der Waals surface area (Å²) in [5.41, 5.74) is 0. The molecule has 0 radical (unpaired) electrons. The molecule has 0 unspecified atom stereocenters. The predicted octanol–water partition coefficient (Wildman–Crippen LogP) is 4.34. The lowest BCUT2D eigenvalue weighted by atomic mass is 9.99. The lowest BCUT2D eigenvalue weighted by Crippen LogP contribution is -1.92. The molecule has 0 bridgehead atoms. The SMILES string of the molecule is CCC.CCCC1C=CCC=C1.